The average Bonchev–Trinajstić information content (AvgIpc) is 2.96. The van der Waals surface area contributed by atoms with Crippen LogP contribution in [0, 0.1) is 0 Å². The molecule has 1 aromatic heterocycles. The fourth-order valence-electron chi connectivity index (χ4n) is 1.73. The third kappa shape index (κ3) is 3.93. The quantitative estimate of drug-likeness (QED) is 0.786. The van der Waals surface area contributed by atoms with Crippen molar-refractivity contribution in [3.05, 3.63) is 47.9 Å². The van der Waals surface area contributed by atoms with Crippen molar-refractivity contribution in [3.63, 3.8) is 0 Å². The van der Waals surface area contributed by atoms with Crippen LogP contribution in [0.2, 0.25) is 0 Å². The van der Waals surface area contributed by atoms with Crippen LogP contribution in [0.5, 0.6) is 0 Å². The summed E-state index contributed by atoms with van der Waals surface area (Å²) in [5, 5.41) is 5.43. The van der Waals surface area contributed by atoms with Crippen LogP contribution in [0.3, 0.4) is 0 Å². The van der Waals surface area contributed by atoms with E-state index in [0.717, 1.165) is 0 Å². The fourth-order valence-corrected chi connectivity index (χ4v) is 1.73. The number of hydrogen-bond donors (Lipinski definition) is 3. The minimum absolute atomic E-state index is 0.0860. The number of anilines is 2. The van der Waals surface area contributed by atoms with Gasteiger partial charge in [-0.2, -0.15) is 0 Å². The zero-order valence-corrected chi connectivity index (χ0v) is 11.7. The molecule has 21 heavy (non-hydrogen) atoms. The first kappa shape index (κ1) is 14.8. The first-order valence-corrected chi connectivity index (χ1v) is 6.62. The highest BCUT2D eigenvalue weighted by molar-refractivity contribution is 6.02. The Labute approximate surface area is 122 Å². The molecule has 110 valence electrons. The molecule has 0 saturated heterocycles. The van der Waals surface area contributed by atoms with Gasteiger partial charge in [0.2, 0.25) is 5.91 Å². The van der Waals surface area contributed by atoms with Crippen LogP contribution in [-0.2, 0) is 11.3 Å². The molecule has 6 nitrogen and oxygen atoms in total. The summed E-state index contributed by atoms with van der Waals surface area (Å²) < 4.78 is 5.27. The van der Waals surface area contributed by atoms with Crippen molar-refractivity contribution in [1.82, 2.24) is 0 Å². The minimum atomic E-state index is -0.367. The van der Waals surface area contributed by atoms with Gasteiger partial charge in [0.25, 0.3) is 5.91 Å². The Morgan fingerprint density at radius 1 is 1.14 bits per heavy atom. The SMILES string of the molecule is CCC(=O)Nc1cccc(NC(=O)c2ccc(CN)o2)c1. The molecule has 6 heteroatoms. The lowest BCUT2D eigenvalue weighted by atomic mass is 10.2. The second kappa shape index (κ2) is 6.71. The van der Waals surface area contributed by atoms with E-state index >= 15 is 0 Å². The van der Waals surface area contributed by atoms with Crippen molar-refractivity contribution in [3.8, 4) is 0 Å². The Balaban J connectivity index is 2.06. The van der Waals surface area contributed by atoms with E-state index in [-0.39, 0.29) is 24.1 Å². The molecule has 2 aromatic rings. The van der Waals surface area contributed by atoms with Crippen LogP contribution in [0.25, 0.3) is 0 Å². The lowest BCUT2D eigenvalue weighted by Crippen LogP contribution is -2.12. The number of nitrogens with two attached hydrogens (primary N) is 1. The Morgan fingerprint density at radius 2 is 1.86 bits per heavy atom. The highest BCUT2D eigenvalue weighted by Gasteiger charge is 2.11. The predicted octanol–water partition coefficient (Wildman–Crippen LogP) is 2.34. The number of hydrogen-bond acceptors (Lipinski definition) is 4. The lowest BCUT2D eigenvalue weighted by molar-refractivity contribution is -0.115. The van der Waals surface area contributed by atoms with Gasteiger partial charge in [-0.25, -0.2) is 0 Å². The molecular weight excluding hydrogens is 270 g/mol. The molecule has 0 aliphatic heterocycles. The van der Waals surface area contributed by atoms with E-state index in [1.807, 2.05) is 0 Å². The number of carbonyl (C=O) groups is 2. The zero-order chi connectivity index (χ0) is 15.2. The maximum Gasteiger partial charge on any atom is 0.291 e. The van der Waals surface area contributed by atoms with Gasteiger partial charge in [-0.05, 0) is 30.3 Å². The van der Waals surface area contributed by atoms with Crippen molar-refractivity contribution in [2.75, 3.05) is 10.6 Å². The van der Waals surface area contributed by atoms with E-state index in [4.69, 9.17) is 10.2 Å². The predicted molar refractivity (Wildman–Crippen MR) is 79.9 cm³/mol. The van der Waals surface area contributed by atoms with Crippen LogP contribution < -0.4 is 16.4 Å². The second-order valence-electron chi connectivity index (χ2n) is 4.41. The Bertz CT molecular complexity index is 649. The number of furan rings is 1. The molecule has 2 rings (SSSR count). The summed E-state index contributed by atoms with van der Waals surface area (Å²) in [6, 6.07) is 10.1. The van der Waals surface area contributed by atoms with E-state index in [9.17, 15) is 9.59 Å². The van der Waals surface area contributed by atoms with Gasteiger partial charge in [0, 0.05) is 17.8 Å². The summed E-state index contributed by atoms with van der Waals surface area (Å²) in [6.07, 6.45) is 0.394. The van der Waals surface area contributed by atoms with E-state index < -0.39 is 0 Å². The molecule has 0 fully saturated rings. The summed E-state index contributed by atoms with van der Waals surface area (Å²) in [7, 11) is 0. The lowest BCUT2D eigenvalue weighted by Gasteiger charge is -2.07. The largest absolute Gasteiger partial charge is 0.455 e. The summed E-state index contributed by atoms with van der Waals surface area (Å²) in [4.78, 5) is 23.3. The average molecular weight is 287 g/mol. The van der Waals surface area contributed by atoms with E-state index in [1.54, 1.807) is 43.3 Å². The molecule has 0 unspecified atom stereocenters. The summed E-state index contributed by atoms with van der Waals surface area (Å²) in [5.74, 6) is 0.285. The maximum absolute atomic E-state index is 12.0. The van der Waals surface area contributed by atoms with Crippen LogP contribution in [0.4, 0.5) is 11.4 Å². The molecule has 0 saturated carbocycles. The molecule has 1 heterocycles. The molecule has 1 aromatic carbocycles. The molecule has 0 aliphatic rings. The summed E-state index contributed by atoms with van der Waals surface area (Å²) in [6.45, 7) is 2.01. The number of nitrogens with one attached hydrogen (secondary N) is 2. The topological polar surface area (TPSA) is 97.4 Å². The number of amides is 2. The van der Waals surface area contributed by atoms with Gasteiger partial charge in [0.15, 0.2) is 5.76 Å². The maximum atomic E-state index is 12.0. The van der Waals surface area contributed by atoms with Crippen LogP contribution in [0.1, 0.15) is 29.7 Å². The number of carbonyl (C=O) groups excluding carboxylic acids is 2. The first-order valence-electron chi connectivity index (χ1n) is 6.62. The normalized spacial score (nSPS) is 10.2. The molecule has 0 aliphatic carbocycles. The van der Waals surface area contributed by atoms with Gasteiger partial charge in [0.1, 0.15) is 5.76 Å². The molecule has 2 amide bonds. The molecule has 0 spiro atoms. The second-order valence-corrected chi connectivity index (χ2v) is 4.41. The van der Waals surface area contributed by atoms with Gasteiger partial charge >= 0.3 is 0 Å². The molecule has 0 radical (unpaired) electrons. The van der Waals surface area contributed by atoms with Crippen molar-refractivity contribution >= 4 is 23.2 Å². The molecule has 0 atom stereocenters. The molecule has 4 N–H and O–H groups in total. The van der Waals surface area contributed by atoms with Gasteiger partial charge in [-0.1, -0.05) is 13.0 Å². The van der Waals surface area contributed by atoms with E-state index in [0.29, 0.717) is 23.6 Å². The zero-order valence-electron chi connectivity index (χ0n) is 11.7. The van der Waals surface area contributed by atoms with Gasteiger partial charge in [-0.15, -0.1) is 0 Å². The molecule has 0 bridgehead atoms. The van der Waals surface area contributed by atoms with Crippen LogP contribution in [0.15, 0.2) is 40.8 Å². The Hall–Kier alpha value is -2.60. The summed E-state index contributed by atoms with van der Waals surface area (Å²) >= 11 is 0. The Morgan fingerprint density at radius 3 is 2.48 bits per heavy atom. The Kier molecular flexibility index (Phi) is 4.73. The van der Waals surface area contributed by atoms with Crippen LogP contribution in [-0.4, -0.2) is 11.8 Å². The minimum Gasteiger partial charge on any atom is -0.455 e. The third-order valence-corrected chi connectivity index (χ3v) is 2.81. The third-order valence-electron chi connectivity index (χ3n) is 2.81. The van der Waals surface area contributed by atoms with E-state index in [2.05, 4.69) is 10.6 Å². The number of rotatable bonds is 5. The van der Waals surface area contributed by atoms with E-state index in [1.165, 1.54) is 0 Å². The van der Waals surface area contributed by atoms with Gasteiger partial charge in [-0.3, -0.25) is 9.59 Å². The highest BCUT2D eigenvalue weighted by atomic mass is 16.4. The smallest absolute Gasteiger partial charge is 0.291 e. The monoisotopic (exact) mass is 287 g/mol. The number of benzene rings is 1. The van der Waals surface area contributed by atoms with Crippen molar-refractivity contribution in [1.29, 1.82) is 0 Å². The van der Waals surface area contributed by atoms with Crippen molar-refractivity contribution < 1.29 is 14.0 Å². The highest BCUT2D eigenvalue weighted by Crippen LogP contribution is 2.17. The van der Waals surface area contributed by atoms with Gasteiger partial charge in [0.05, 0.1) is 6.54 Å². The van der Waals surface area contributed by atoms with Crippen molar-refractivity contribution in [2.24, 2.45) is 5.73 Å². The summed E-state index contributed by atoms with van der Waals surface area (Å²) in [5.41, 5.74) is 6.63. The fraction of sp³-hybridized carbons (Fsp3) is 0.200. The van der Waals surface area contributed by atoms with Gasteiger partial charge < -0.3 is 20.8 Å². The first-order chi connectivity index (χ1) is 10.1. The van der Waals surface area contributed by atoms with Crippen LogP contribution >= 0.6 is 0 Å². The molecular formula is C15H17N3O3. The standard InChI is InChI=1S/C15H17N3O3/c1-2-14(19)17-10-4-3-5-11(8-10)18-15(20)13-7-6-12(9-16)21-13/h3-8H,2,9,16H2,1H3,(H,17,19)(H,18,20). The van der Waals surface area contributed by atoms with Crippen molar-refractivity contribution in [2.45, 2.75) is 19.9 Å².